The number of aromatic nitrogens is 2. The fourth-order valence-electron chi connectivity index (χ4n) is 2.38. The van der Waals surface area contributed by atoms with E-state index >= 15 is 0 Å². The molecule has 4 nitrogen and oxygen atoms in total. The second-order valence-electron chi connectivity index (χ2n) is 4.73. The number of fused-ring (bicyclic) bond motifs is 1. The minimum Gasteiger partial charge on any atom is -0.496 e. The zero-order valence-corrected chi connectivity index (χ0v) is 11.6. The summed E-state index contributed by atoms with van der Waals surface area (Å²) in [4.78, 5) is 0. The van der Waals surface area contributed by atoms with Gasteiger partial charge in [-0.1, -0.05) is 30.3 Å². The van der Waals surface area contributed by atoms with E-state index in [2.05, 4.69) is 34.7 Å². The van der Waals surface area contributed by atoms with Crippen LogP contribution in [0, 0.1) is 0 Å². The summed E-state index contributed by atoms with van der Waals surface area (Å²) < 4.78 is 7.20. The molecular weight excluding hydrogens is 250 g/mol. The summed E-state index contributed by atoms with van der Waals surface area (Å²) in [6.07, 6.45) is 3.79. The summed E-state index contributed by atoms with van der Waals surface area (Å²) in [7, 11) is 3.61. The van der Waals surface area contributed by atoms with E-state index in [0.29, 0.717) is 0 Å². The van der Waals surface area contributed by atoms with Crippen LogP contribution in [0.2, 0.25) is 0 Å². The molecule has 4 heteroatoms. The Labute approximate surface area is 118 Å². The highest BCUT2D eigenvalue weighted by Crippen LogP contribution is 2.28. The fourth-order valence-corrected chi connectivity index (χ4v) is 2.38. The normalized spacial score (nSPS) is 10.7. The number of nitrogens with zero attached hydrogens (tertiary/aromatic N) is 2. The molecule has 102 valence electrons. The topological polar surface area (TPSA) is 39.1 Å². The number of aryl methyl sites for hydroxylation is 1. The van der Waals surface area contributed by atoms with Crippen molar-refractivity contribution in [2.24, 2.45) is 7.05 Å². The van der Waals surface area contributed by atoms with Crippen LogP contribution in [0.25, 0.3) is 10.8 Å². The Morgan fingerprint density at radius 1 is 1.15 bits per heavy atom. The molecule has 0 fully saturated rings. The van der Waals surface area contributed by atoms with Crippen LogP contribution in [0.1, 0.15) is 5.56 Å². The number of rotatable bonds is 4. The SMILES string of the molecule is COc1ccc(CNc2cnn(C)c2)c2ccccc12. The predicted octanol–water partition coefficient (Wildman–Crippen LogP) is 3.19. The molecular formula is C16H17N3O. The molecule has 0 aliphatic rings. The molecule has 0 unspecified atom stereocenters. The van der Waals surface area contributed by atoms with Crippen molar-refractivity contribution in [2.45, 2.75) is 6.54 Å². The number of hydrogen-bond acceptors (Lipinski definition) is 3. The number of methoxy groups -OCH3 is 1. The van der Waals surface area contributed by atoms with E-state index in [1.54, 1.807) is 11.8 Å². The van der Waals surface area contributed by atoms with Gasteiger partial charge in [0.25, 0.3) is 0 Å². The van der Waals surface area contributed by atoms with Crippen molar-refractivity contribution < 1.29 is 4.74 Å². The van der Waals surface area contributed by atoms with Crippen molar-refractivity contribution in [2.75, 3.05) is 12.4 Å². The minimum atomic E-state index is 0.760. The number of hydrogen-bond donors (Lipinski definition) is 1. The molecule has 0 saturated carbocycles. The maximum absolute atomic E-state index is 5.41. The van der Waals surface area contributed by atoms with Crippen molar-refractivity contribution in [1.82, 2.24) is 9.78 Å². The van der Waals surface area contributed by atoms with Gasteiger partial charge >= 0.3 is 0 Å². The maximum Gasteiger partial charge on any atom is 0.126 e. The van der Waals surface area contributed by atoms with Gasteiger partial charge in [-0.3, -0.25) is 4.68 Å². The van der Waals surface area contributed by atoms with Crippen LogP contribution in [0.4, 0.5) is 5.69 Å². The molecule has 2 aromatic carbocycles. The average molecular weight is 267 g/mol. The first kappa shape index (κ1) is 12.5. The summed E-state index contributed by atoms with van der Waals surface area (Å²) in [6.45, 7) is 0.760. The largest absolute Gasteiger partial charge is 0.496 e. The molecule has 0 aliphatic heterocycles. The van der Waals surface area contributed by atoms with E-state index in [-0.39, 0.29) is 0 Å². The monoisotopic (exact) mass is 267 g/mol. The first-order chi connectivity index (χ1) is 9.78. The van der Waals surface area contributed by atoms with Crippen molar-refractivity contribution in [3.63, 3.8) is 0 Å². The van der Waals surface area contributed by atoms with Crippen LogP contribution >= 0.6 is 0 Å². The number of ether oxygens (including phenoxy) is 1. The van der Waals surface area contributed by atoms with Crippen molar-refractivity contribution in [3.05, 3.63) is 54.4 Å². The Balaban J connectivity index is 1.92. The summed E-state index contributed by atoms with van der Waals surface area (Å²) in [5.74, 6) is 0.908. The molecule has 0 radical (unpaired) electrons. The summed E-state index contributed by atoms with van der Waals surface area (Å²) >= 11 is 0. The first-order valence-electron chi connectivity index (χ1n) is 6.55. The molecule has 0 bridgehead atoms. The molecule has 0 spiro atoms. The van der Waals surface area contributed by atoms with Crippen LogP contribution < -0.4 is 10.1 Å². The van der Waals surface area contributed by atoms with Gasteiger partial charge in [0.2, 0.25) is 0 Å². The Morgan fingerprint density at radius 3 is 2.65 bits per heavy atom. The molecule has 3 aromatic rings. The fraction of sp³-hybridized carbons (Fsp3) is 0.188. The van der Waals surface area contributed by atoms with E-state index in [0.717, 1.165) is 23.4 Å². The smallest absolute Gasteiger partial charge is 0.126 e. The van der Waals surface area contributed by atoms with Gasteiger partial charge in [-0.25, -0.2) is 0 Å². The lowest BCUT2D eigenvalue weighted by atomic mass is 10.0. The number of nitrogens with one attached hydrogen (secondary N) is 1. The number of anilines is 1. The molecule has 0 aliphatic carbocycles. The molecule has 1 aromatic heterocycles. The van der Waals surface area contributed by atoms with E-state index in [9.17, 15) is 0 Å². The summed E-state index contributed by atoms with van der Waals surface area (Å²) in [5.41, 5.74) is 2.26. The van der Waals surface area contributed by atoms with Crippen LogP contribution in [-0.2, 0) is 13.6 Å². The summed E-state index contributed by atoms with van der Waals surface area (Å²) in [6, 6.07) is 12.4. The van der Waals surface area contributed by atoms with Gasteiger partial charge in [-0.05, 0) is 17.0 Å². The van der Waals surface area contributed by atoms with E-state index in [1.165, 1.54) is 10.9 Å². The molecule has 20 heavy (non-hydrogen) atoms. The third-order valence-corrected chi connectivity index (χ3v) is 3.38. The van der Waals surface area contributed by atoms with Crippen LogP contribution in [-0.4, -0.2) is 16.9 Å². The highest BCUT2D eigenvalue weighted by atomic mass is 16.5. The van der Waals surface area contributed by atoms with Crippen LogP contribution in [0.5, 0.6) is 5.75 Å². The lowest BCUT2D eigenvalue weighted by molar-refractivity contribution is 0.419. The van der Waals surface area contributed by atoms with Gasteiger partial charge in [-0.2, -0.15) is 5.10 Å². The highest BCUT2D eigenvalue weighted by molar-refractivity contribution is 5.91. The molecule has 0 atom stereocenters. The van der Waals surface area contributed by atoms with E-state index in [4.69, 9.17) is 4.74 Å². The first-order valence-corrected chi connectivity index (χ1v) is 6.55. The van der Waals surface area contributed by atoms with Gasteiger partial charge in [0.15, 0.2) is 0 Å². The molecule has 0 amide bonds. The van der Waals surface area contributed by atoms with E-state index < -0.39 is 0 Å². The molecule has 0 saturated heterocycles. The number of benzene rings is 2. The van der Waals surface area contributed by atoms with Gasteiger partial charge < -0.3 is 10.1 Å². The second kappa shape index (κ2) is 5.25. The predicted molar refractivity (Wildman–Crippen MR) is 81.0 cm³/mol. The second-order valence-corrected chi connectivity index (χ2v) is 4.73. The highest BCUT2D eigenvalue weighted by Gasteiger charge is 2.06. The Kier molecular flexibility index (Phi) is 3.29. The van der Waals surface area contributed by atoms with Crippen LogP contribution in [0.3, 0.4) is 0 Å². The van der Waals surface area contributed by atoms with Gasteiger partial charge in [-0.15, -0.1) is 0 Å². The Morgan fingerprint density at radius 2 is 1.95 bits per heavy atom. The van der Waals surface area contributed by atoms with E-state index in [1.807, 2.05) is 31.6 Å². The third kappa shape index (κ3) is 2.32. The van der Waals surface area contributed by atoms with Gasteiger partial charge in [0.05, 0.1) is 19.0 Å². The van der Waals surface area contributed by atoms with Crippen LogP contribution in [0.15, 0.2) is 48.8 Å². The maximum atomic E-state index is 5.41. The van der Waals surface area contributed by atoms with Crippen molar-refractivity contribution in [1.29, 1.82) is 0 Å². The zero-order valence-electron chi connectivity index (χ0n) is 11.6. The van der Waals surface area contributed by atoms with Crippen molar-refractivity contribution >= 4 is 16.5 Å². The van der Waals surface area contributed by atoms with Crippen molar-refractivity contribution in [3.8, 4) is 5.75 Å². The summed E-state index contributed by atoms with van der Waals surface area (Å²) in [5, 5.41) is 9.89. The molecule has 1 heterocycles. The zero-order chi connectivity index (χ0) is 13.9. The lowest BCUT2D eigenvalue weighted by Crippen LogP contribution is -2.00. The molecule has 3 rings (SSSR count). The lowest BCUT2D eigenvalue weighted by Gasteiger charge is -2.11. The Hall–Kier alpha value is -2.49. The average Bonchev–Trinajstić information content (AvgIpc) is 2.90. The minimum absolute atomic E-state index is 0.760. The third-order valence-electron chi connectivity index (χ3n) is 3.38. The standard InChI is InChI=1S/C16H17N3O/c1-19-11-13(10-18-19)17-9-12-7-8-16(20-2)15-6-4-3-5-14(12)15/h3-8,10-11,17H,9H2,1-2H3. The Bertz CT molecular complexity index is 733. The van der Waals surface area contributed by atoms with Gasteiger partial charge in [0.1, 0.15) is 5.75 Å². The quantitative estimate of drug-likeness (QED) is 0.789. The van der Waals surface area contributed by atoms with Gasteiger partial charge in [0, 0.05) is 25.2 Å². The molecule has 1 N–H and O–H groups in total.